The number of rotatable bonds is 11. The summed E-state index contributed by atoms with van der Waals surface area (Å²) in [7, 11) is -7.94. The fraction of sp³-hybridized carbons (Fsp3) is 0.0513. The van der Waals surface area contributed by atoms with Gasteiger partial charge in [-0.15, -0.1) is 0 Å². The van der Waals surface area contributed by atoms with Gasteiger partial charge in [-0.05, 0) is 90.0 Å². The van der Waals surface area contributed by atoms with Gasteiger partial charge in [-0.1, -0.05) is 71.9 Å². The molecule has 0 radical (unpaired) electrons. The number of carbonyl (C=O) groups is 1. The van der Waals surface area contributed by atoms with Gasteiger partial charge in [0.15, 0.2) is 29.1 Å². The number of aryl methyl sites for hydroxylation is 1. The SMILES string of the molecule is COc1ccc(S(OS(=O)(=O)c2ccc(C)cc2)(c2ccc(Sc3cccc(C(=O)c4ccccc4)c3)cc2)c2c(F)c(F)c(F)c(F)c2F)cc1. The van der Waals surface area contributed by atoms with Crippen molar-refractivity contribution in [1.29, 1.82) is 0 Å². The molecule has 52 heavy (non-hydrogen) atoms. The minimum absolute atomic E-state index is 0.193. The number of methoxy groups -OCH3 is 1. The first-order chi connectivity index (χ1) is 24.9. The summed E-state index contributed by atoms with van der Waals surface area (Å²) in [4.78, 5) is 12.0. The van der Waals surface area contributed by atoms with Crippen molar-refractivity contribution < 1.29 is 43.5 Å². The molecule has 0 spiro atoms. The Morgan fingerprint density at radius 2 is 1.10 bits per heavy atom. The number of ether oxygens (including phenoxy) is 1. The van der Waals surface area contributed by atoms with Crippen molar-refractivity contribution in [2.45, 2.75) is 36.3 Å². The second-order valence-corrected chi connectivity index (χ2v) is 16.8. The molecular formula is C39H27F5O5S3. The largest absolute Gasteiger partial charge is 0.497 e. The summed E-state index contributed by atoms with van der Waals surface area (Å²) in [6, 6.07) is 31.7. The smallest absolute Gasteiger partial charge is 0.307 e. The van der Waals surface area contributed by atoms with Crippen molar-refractivity contribution in [2.75, 3.05) is 7.11 Å². The second-order valence-electron chi connectivity index (χ2n) is 11.3. The predicted octanol–water partition coefficient (Wildman–Crippen LogP) is 10.7. The van der Waals surface area contributed by atoms with Crippen molar-refractivity contribution >= 4 is 38.0 Å². The number of halogens is 5. The first-order valence-electron chi connectivity index (χ1n) is 15.3. The van der Waals surface area contributed by atoms with Gasteiger partial charge in [-0.3, -0.25) is 4.79 Å². The molecule has 0 aliphatic rings. The molecule has 0 N–H and O–H groups in total. The van der Waals surface area contributed by atoms with Crippen LogP contribution in [0, 0.1) is 36.0 Å². The molecule has 0 bridgehead atoms. The minimum Gasteiger partial charge on any atom is -0.497 e. The Morgan fingerprint density at radius 1 is 0.577 bits per heavy atom. The molecular weight excluding hydrogens is 740 g/mol. The predicted molar refractivity (Wildman–Crippen MR) is 188 cm³/mol. The quantitative estimate of drug-likeness (QED) is 0.0566. The van der Waals surface area contributed by atoms with Crippen LogP contribution in [0.5, 0.6) is 5.75 Å². The molecule has 0 aliphatic carbocycles. The highest BCUT2D eigenvalue weighted by Crippen LogP contribution is 2.72. The fourth-order valence-corrected chi connectivity index (χ4v) is 11.4. The number of carbonyl (C=O) groups excluding carboxylic acids is 1. The number of hydrogen-bond donors (Lipinski definition) is 0. The van der Waals surface area contributed by atoms with E-state index in [2.05, 4.69) is 0 Å². The first-order valence-corrected chi connectivity index (χ1v) is 19.1. The monoisotopic (exact) mass is 766 g/mol. The Hall–Kier alpha value is -4.95. The highest BCUT2D eigenvalue weighted by Gasteiger charge is 2.45. The van der Waals surface area contributed by atoms with Gasteiger partial charge in [0.1, 0.15) is 10.6 Å². The average Bonchev–Trinajstić information content (AvgIpc) is 3.16. The zero-order valence-corrected chi connectivity index (χ0v) is 29.7. The van der Waals surface area contributed by atoms with Crippen LogP contribution in [0.2, 0.25) is 0 Å². The molecule has 0 heterocycles. The van der Waals surface area contributed by atoms with Gasteiger partial charge < -0.3 is 4.74 Å². The average molecular weight is 767 g/mol. The van der Waals surface area contributed by atoms with Crippen LogP contribution in [0.25, 0.3) is 0 Å². The molecule has 0 aliphatic heterocycles. The Balaban J connectivity index is 1.53. The summed E-state index contributed by atoms with van der Waals surface area (Å²) in [5.74, 6) is -11.4. The maximum absolute atomic E-state index is 16.0. The summed E-state index contributed by atoms with van der Waals surface area (Å²) < 4.78 is 116. The molecule has 6 aromatic carbocycles. The first kappa shape index (κ1) is 36.8. The van der Waals surface area contributed by atoms with Gasteiger partial charge in [0.2, 0.25) is 5.82 Å². The molecule has 1 unspecified atom stereocenters. The number of benzene rings is 6. The van der Waals surface area contributed by atoms with E-state index >= 15 is 17.6 Å². The molecule has 6 rings (SSSR count). The molecule has 0 saturated carbocycles. The topological polar surface area (TPSA) is 69.7 Å². The van der Waals surface area contributed by atoms with Crippen molar-refractivity contribution in [3.8, 4) is 5.75 Å². The van der Waals surface area contributed by atoms with Crippen molar-refractivity contribution in [3.63, 3.8) is 0 Å². The van der Waals surface area contributed by atoms with Crippen LogP contribution in [0.15, 0.2) is 157 Å². The Morgan fingerprint density at radius 3 is 1.67 bits per heavy atom. The van der Waals surface area contributed by atoms with Crippen LogP contribution in [0.3, 0.4) is 0 Å². The lowest BCUT2D eigenvalue weighted by atomic mass is 10.0. The molecule has 0 fully saturated rings. The van der Waals surface area contributed by atoms with Gasteiger partial charge in [0, 0.05) is 30.7 Å². The van der Waals surface area contributed by atoms with Crippen LogP contribution in [-0.4, -0.2) is 21.3 Å². The second kappa shape index (κ2) is 15.0. The normalized spacial score (nSPS) is 13.3. The van der Waals surface area contributed by atoms with E-state index in [1.54, 1.807) is 61.5 Å². The molecule has 5 nitrogen and oxygen atoms in total. The maximum Gasteiger partial charge on any atom is 0.307 e. The van der Waals surface area contributed by atoms with E-state index in [0.717, 1.165) is 0 Å². The van der Waals surface area contributed by atoms with Gasteiger partial charge in [-0.2, -0.15) is 8.42 Å². The van der Waals surface area contributed by atoms with Crippen molar-refractivity contribution in [1.82, 2.24) is 0 Å². The van der Waals surface area contributed by atoms with Crippen LogP contribution < -0.4 is 4.74 Å². The van der Waals surface area contributed by atoms with E-state index in [4.69, 9.17) is 8.37 Å². The summed E-state index contributed by atoms with van der Waals surface area (Å²) in [5.41, 5.74) is 1.62. The third-order valence-corrected chi connectivity index (χ3v) is 14.1. The highest BCUT2D eigenvalue weighted by atomic mass is 32.3. The third-order valence-electron chi connectivity index (χ3n) is 7.87. The van der Waals surface area contributed by atoms with E-state index in [-0.39, 0.29) is 21.3 Å². The van der Waals surface area contributed by atoms with Gasteiger partial charge in [0.05, 0.1) is 12.0 Å². The molecule has 266 valence electrons. The van der Waals surface area contributed by atoms with E-state index in [9.17, 15) is 17.6 Å². The lowest BCUT2D eigenvalue weighted by molar-refractivity contribution is 0.103. The maximum atomic E-state index is 16.0. The summed E-state index contributed by atoms with van der Waals surface area (Å²) in [6.07, 6.45) is 0. The third kappa shape index (κ3) is 7.09. The van der Waals surface area contributed by atoms with Crippen molar-refractivity contribution in [3.05, 3.63) is 173 Å². The van der Waals surface area contributed by atoms with Crippen LogP contribution in [0.1, 0.15) is 21.5 Å². The Kier molecular flexibility index (Phi) is 10.6. The lowest BCUT2D eigenvalue weighted by Gasteiger charge is -2.39. The van der Waals surface area contributed by atoms with Crippen LogP contribution in [0.4, 0.5) is 22.0 Å². The number of hydrogen-bond acceptors (Lipinski definition) is 6. The minimum atomic E-state index is -4.96. The zero-order valence-electron chi connectivity index (χ0n) is 27.3. The Labute approximate surface area is 302 Å². The van der Waals surface area contributed by atoms with Crippen LogP contribution >= 0.6 is 22.1 Å². The van der Waals surface area contributed by atoms with Crippen molar-refractivity contribution in [2.24, 2.45) is 0 Å². The molecule has 0 amide bonds. The molecule has 1 atom stereocenters. The number of ketones is 1. The van der Waals surface area contributed by atoms with E-state index < -0.39 is 59.3 Å². The lowest BCUT2D eigenvalue weighted by Crippen LogP contribution is -2.19. The summed E-state index contributed by atoms with van der Waals surface area (Å²) >= 11 is 1.22. The molecule has 0 aromatic heterocycles. The zero-order chi connectivity index (χ0) is 37.2. The van der Waals surface area contributed by atoms with Gasteiger partial charge >= 0.3 is 10.1 Å². The molecule has 13 heteroatoms. The van der Waals surface area contributed by atoms with Gasteiger partial charge in [-0.25, -0.2) is 25.6 Å². The summed E-state index contributed by atoms with van der Waals surface area (Å²) in [5, 5.41) is 0. The molecule has 6 aromatic rings. The highest BCUT2D eigenvalue weighted by molar-refractivity contribution is 8.33. The standard InChI is InChI=1S/C39H27F5O5S3/c1-24-11-17-32(18-12-24)52(46,47)49-51(30-19-13-27(48-2)14-20-30,39-36(43)34(41)33(40)35(42)37(39)44)31-21-15-28(16-22-31)50-29-10-6-9-26(23-29)38(45)25-7-4-3-5-8-25/h3-23H,1-2H3. The van der Waals surface area contributed by atoms with Gasteiger partial charge in [0.25, 0.3) is 0 Å². The summed E-state index contributed by atoms with van der Waals surface area (Å²) in [6.45, 7) is 1.70. The Bertz CT molecular complexity index is 2350. The molecule has 0 saturated heterocycles. The van der Waals surface area contributed by atoms with E-state index in [1.165, 1.54) is 91.7 Å². The van der Waals surface area contributed by atoms with E-state index in [1.807, 2.05) is 0 Å². The van der Waals surface area contributed by atoms with Crippen LogP contribution in [-0.2, 0) is 13.7 Å². The van der Waals surface area contributed by atoms with E-state index in [0.29, 0.717) is 26.5 Å². The fourth-order valence-electron chi connectivity index (χ4n) is 5.26.